The van der Waals surface area contributed by atoms with Crippen LogP contribution in [0.4, 0.5) is 0 Å². The zero-order valence-electron chi connectivity index (χ0n) is 16.9. The van der Waals surface area contributed by atoms with Crippen molar-refractivity contribution >= 4 is 18.6 Å². The first-order chi connectivity index (χ1) is 14.3. The van der Waals surface area contributed by atoms with Gasteiger partial charge in [-0.3, -0.25) is 18.5 Å². The topological polar surface area (TPSA) is 142 Å². The lowest BCUT2D eigenvalue weighted by Crippen LogP contribution is -2.40. The minimum atomic E-state index is -3.28. The van der Waals surface area contributed by atoms with Crippen LogP contribution in [-0.4, -0.2) is 49.3 Å². The molecule has 0 spiro atoms. The molecular weight excluding hydrogens is 435 g/mol. The van der Waals surface area contributed by atoms with Gasteiger partial charge in [0.1, 0.15) is 11.6 Å². The molecule has 2 N–H and O–H groups in total. The Balaban J connectivity index is 1.39. The molecule has 3 aliphatic rings. The second-order valence-corrected chi connectivity index (χ2v) is 11.9. The van der Waals surface area contributed by atoms with E-state index in [1.165, 1.54) is 6.42 Å². The van der Waals surface area contributed by atoms with Gasteiger partial charge in [-0.25, -0.2) is 14.1 Å². The van der Waals surface area contributed by atoms with Gasteiger partial charge in [0, 0.05) is 12.1 Å². The average Bonchev–Trinajstić information content (AvgIpc) is 2.96. The highest BCUT2D eigenvalue weighted by atomic mass is 32.2. The van der Waals surface area contributed by atoms with E-state index in [0.717, 1.165) is 23.7 Å². The van der Waals surface area contributed by atoms with Crippen LogP contribution in [0.1, 0.15) is 45.8 Å². The lowest BCUT2D eigenvalue weighted by Gasteiger charge is -2.34. The van der Waals surface area contributed by atoms with E-state index in [0.29, 0.717) is 18.9 Å². The normalized spacial score (nSPS) is 36.1. The summed E-state index contributed by atoms with van der Waals surface area (Å²) in [5, 5.41) is 6.09. The molecule has 2 aliphatic heterocycles. The Morgan fingerprint density at radius 2 is 2.20 bits per heavy atom. The molecule has 0 amide bonds. The fourth-order valence-electron chi connectivity index (χ4n) is 3.99. The molecule has 13 heteroatoms. The smallest absolute Gasteiger partial charge is 0.347 e. The molecule has 3 fully saturated rings. The monoisotopic (exact) mass is 462 g/mol. The van der Waals surface area contributed by atoms with E-state index in [-0.39, 0.29) is 18.2 Å². The fourth-order valence-corrected chi connectivity index (χ4v) is 7.51. The van der Waals surface area contributed by atoms with Crippen molar-refractivity contribution in [2.45, 2.75) is 63.3 Å². The molecule has 1 aliphatic carbocycles. The number of ether oxygens (including phenoxy) is 1. The van der Waals surface area contributed by atoms with E-state index in [4.69, 9.17) is 13.4 Å². The fraction of sp³-hybridized carbons (Fsp3) is 0.824. The summed E-state index contributed by atoms with van der Waals surface area (Å²) in [5.74, 6) is 0.124. The van der Waals surface area contributed by atoms with E-state index >= 15 is 0 Å². The van der Waals surface area contributed by atoms with Gasteiger partial charge < -0.3 is 9.26 Å². The Morgan fingerprint density at radius 1 is 1.43 bits per heavy atom. The zero-order chi connectivity index (χ0) is 21.5. The maximum atomic E-state index is 13.3. The molecule has 3 unspecified atom stereocenters. The Kier molecular flexibility index (Phi) is 6.43. The summed E-state index contributed by atoms with van der Waals surface area (Å²) in [6, 6.07) is 0. The summed E-state index contributed by atoms with van der Waals surface area (Å²) in [5.41, 5.74) is -1.27. The molecule has 0 bridgehead atoms. The lowest BCUT2D eigenvalue weighted by atomic mass is 9.86. The highest BCUT2D eigenvalue weighted by Crippen LogP contribution is 2.55. The van der Waals surface area contributed by atoms with E-state index in [2.05, 4.69) is 15.2 Å². The van der Waals surface area contributed by atoms with Crippen LogP contribution in [0.5, 0.6) is 0 Å². The van der Waals surface area contributed by atoms with Crippen molar-refractivity contribution in [1.29, 1.82) is 0 Å². The van der Waals surface area contributed by atoms with Crippen LogP contribution in [0.3, 0.4) is 0 Å². The van der Waals surface area contributed by atoms with Gasteiger partial charge >= 0.3 is 5.69 Å². The molecule has 7 atom stereocenters. The van der Waals surface area contributed by atoms with Crippen LogP contribution in [0, 0.1) is 11.8 Å². The Hall–Kier alpha value is -1.17. The highest BCUT2D eigenvalue weighted by Gasteiger charge is 2.51. The maximum Gasteiger partial charge on any atom is 0.347 e. The first kappa shape index (κ1) is 22.0. The van der Waals surface area contributed by atoms with E-state index in [9.17, 15) is 18.4 Å². The first-order valence-electron chi connectivity index (χ1n) is 10.2. The third kappa shape index (κ3) is 4.53. The number of hydrogen-bond acceptors (Lipinski definition) is 8. The molecule has 1 aromatic rings. The Bertz CT molecular complexity index is 964. The number of aromatic nitrogens is 3. The van der Waals surface area contributed by atoms with Gasteiger partial charge in [0.15, 0.2) is 17.3 Å². The summed E-state index contributed by atoms with van der Waals surface area (Å²) < 4.78 is 44.0. The van der Waals surface area contributed by atoms with Gasteiger partial charge in [-0.15, -0.1) is 0 Å². The minimum Gasteiger partial charge on any atom is -0.350 e. The van der Waals surface area contributed by atoms with Crippen molar-refractivity contribution in [2.24, 2.45) is 11.8 Å². The molecule has 3 heterocycles. The second-order valence-electron chi connectivity index (χ2n) is 8.18. The van der Waals surface area contributed by atoms with Crippen molar-refractivity contribution in [3.05, 3.63) is 27.0 Å². The molecule has 1 saturated carbocycles. The zero-order valence-corrected chi connectivity index (χ0v) is 18.6. The Labute approximate surface area is 176 Å². The van der Waals surface area contributed by atoms with Gasteiger partial charge in [0.25, 0.3) is 13.1 Å². The predicted octanol–water partition coefficient (Wildman–Crippen LogP) is 0.863. The summed E-state index contributed by atoms with van der Waals surface area (Å²) >= 11 is -1.62. The minimum absolute atomic E-state index is 0.214. The Morgan fingerprint density at radius 3 is 2.87 bits per heavy atom. The van der Waals surface area contributed by atoms with Gasteiger partial charge in [-0.05, 0) is 32.1 Å². The number of nitrogens with zero attached hydrogens (tertiary/aromatic N) is 2. The van der Waals surface area contributed by atoms with Gasteiger partial charge in [-0.2, -0.15) is 9.78 Å². The number of aromatic amines is 1. The largest absolute Gasteiger partial charge is 0.350 e. The van der Waals surface area contributed by atoms with Gasteiger partial charge in [-0.1, -0.05) is 13.3 Å². The molecule has 168 valence electrons. The number of H-pyrrole nitrogens is 1. The summed E-state index contributed by atoms with van der Waals surface area (Å²) in [6.07, 6.45) is 3.42. The number of fused-ring (bicyclic) bond motifs is 1. The standard InChI is InChI=1S/C17H27N4O7PS/c1-10-15-13(27-16(10)21-17(23)19-14(22)8-18-21)6-7-29(24,28-15)20-11(2)30(25)26-9-12-4-3-5-12/h8,10-13,15-16H,3-7,9H2,1-2H3,(H,20,24)(H,19,22,23)/t10-,11-,13-,15+,16?,29?,30?/m1/s1. The molecule has 0 aromatic carbocycles. The SMILES string of the molecule is C[C@H](NP1(=O)CC[C@H]2OC(n3ncc(=O)[nH]c3=O)[C@H](C)[C@@H]2O1)S(=O)OCC1CCC1. The van der Waals surface area contributed by atoms with Gasteiger partial charge in [0.05, 0.1) is 18.8 Å². The molecule has 2 saturated heterocycles. The van der Waals surface area contributed by atoms with Gasteiger partial charge in [0.2, 0.25) is 0 Å². The van der Waals surface area contributed by atoms with E-state index in [1.807, 2.05) is 6.92 Å². The molecular formula is C17H27N4O7PS. The van der Waals surface area contributed by atoms with Crippen LogP contribution in [0.25, 0.3) is 0 Å². The number of nitrogens with one attached hydrogen (secondary N) is 2. The van der Waals surface area contributed by atoms with Crippen LogP contribution >= 0.6 is 7.52 Å². The quantitative estimate of drug-likeness (QED) is 0.564. The van der Waals surface area contributed by atoms with Crippen molar-refractivity contribution in [3.8, 4) is 0 Å². The van der Waals surface area contributed by atoms with Crippen molar-refractivity contribution in [3.63, 3.8) is 0 Å². The summed E-state index contributed by atoms with van der Waals surface area (Å²) in [4.78, 5) is 25.5. The predicted molar refractivity (Wildman–Crippen MR) is 108 cm³/mol. The van der Waals surface area contributed by atoms with Crippen molar-refractivity contribution in [2.75, 3.05) is 12.8 Å². The third-order valence-electron chi connectivity index (χ3n) is 5.94. The highest BCUT2D eigenvalue weighted by molar-refractivity contribution is 7.81. The molecule has 0 radical (unpaired) electrons. The van der Waals surface area contributed by atoms with E-state index < -0.39 is 47.6 Å². The second kappa shape index (κ2) is 8.76. The van der Waals surface area contributed by atoms with Crippen LogP contribution in [-0.2, 0) is 29.1 Å². The first-order valence-corrected chi connectivity index (χ1v) is 13.1. The molecule has 11 nitrogen and oxygen atoms in total. The van der Waals surface area contributed by atoms with Crippen LogP contribution < -0.4 is 16.3 Å². The van der Waals surface area contributed by atoms with Crippen LogP contribution in [0.15, 0.2) is 15.8 Å². The summed E-state index contributed by atoms with van der Waals surface area (Å²) in [7, 11) is -3.28. The number of hydrogen-bond donors (Lipinski definition) is 2. The molecule has 4 rings (SSSR count). The molecule has 30 heavy (non-hydrogen) atoms. The maximum absolute atomic E-state index is 13.3. The number of rotatable bonds is 7. The van der Waals surface area contributed by atoms with Crippen molar-refractivity contribution < 1.29 is 22.2 Å². The summed E-state index contributed by atoms with van der Waals surface area (Å²) in [6.45, 7) is 3.92. The average molecular weight is 462 g/mol. The third-order valence-corrected chi connectivity index (χ3v) is 9.39. The lowest BCUT2D eigenvalue weighted by molar-refractivity contribution is -0.0334. The molecule has 1 aromatic heterocycles. The van der Waals surface area contributed by atoms with E-state index in [1.54, 1.807) is 6.92 Å². The van der Waals surface area contributed by atoms with Crippen LogP contribution in [0.2, 0.25) is 0 Å². The van der Waals surface area contributed by atoms with Crippen molar-refractivity contribution in [1.82, 2.24) is 19.9 Å².